The third-order valence-electron chi connectivity index (χ3n) is 5.01. The molecule has 1 amide bonds. The van der Waals surface area contributed by atoms with E-state index in [1.165, 1.54) is 0 Å². The fraction of sp³-hybridized carbons (Fsp3) is 0.348. The minimum absolute atomic E-state index is 0. The third-order valence-corrected chi connectivity index (χ3v) is 5.34. The Labute approximate surface area is 193 Å². The van der Waals surface area contributed by atoms with E-state index >= 15 is 0 Å². The molecule has 8 heteroatoms. The highest BCUT2D eigenvalue weighted by Gasteiger charge is 2.12. The lowest BCUT2D eigenvalue weighted by atomic mass is 10.0. The van der Waals surface area contributed by atoms with E-state index < -0.39 is 0 Å². The first-order valence-corrected chi connectivity index (χ1v) is 10.6. The van der Waals surface area contributed by atoms with Gasteiger partial charge >= 0.3 is 0 Å². The number of nitrogens with one attached hydrogen (secondary N) is 2. The minimum Gasteiger partial charge on any atom is -0.325 e. The summed E-state index contributed by atoms with van der Waals surface area (Å²) in [4.78, 5) is 26.7. The van der Waals surface area contributed by atoms with Gasteiger partial charge in [0.05, 0.1) is 21.8 Å². The first-order chi connectivity index (χ1) is 14.5. The van der Waals surface area contributed by atoms with E-state index in [9.17, 15) is 9.59 Å². The Kier molecular flexibility index (Phi) is 9.49. The van der Waals surface area contributed by atoms with Crippen LogP contribution in [-0.2, 0) is 4.79 Å². The second-order valence-electron chi connectivity index (χ2n) is 7.45. The Morgan fingerprint density at radius 2 is 1.87 bits per heavy atom. The molecule has 0 aliphatic carbocycles. The average Bonchev–Trinajstić information content (AvgIpc) is 2.74. The van der Waals surface area contributed by atoms with Crippen molar-refractivity contribution < 1.29 is 4.79 Å². The Hall–Kier alpha value is -2.41. The first-order valence-electron chi connectivity index (χ1n) is 10.3. The molecule has 0 bridgehead atoms. The van der Waals surface area contributed by atoms with Crippen LogP contribution in [0.5, 0.6) is 0 Å². The molecule has 2 N–H and O–H groups in total. The van der Waals surface area contributed by atoms with Crippen LogP contribution >= 0.6 is 24.0 Å². The smallest absolute Gasteiger partial charge is 0.272 e. The van der Waals surface area contributed by atoms with Gasteiger partial charge in [0.15, 0.2) is 0 Å². The molecule has 0 saturated heterocycles. The molecule has 6 nitrogen and oxygen atoms in total. The Morgan fingerprint density at radius 3 is 2.61 bits per heavy atom. The largest absolute Gasteiger partial charge is 0.325 e. The van der Waals surface area contributed by atoms with Crippen LogP contribution in [0, 0.1) is 0 Å². The second-order valence-corrected chi connectivity index (χ2v) is 7.86. The van der Waals surface area contributed by atoms with Gasteiger partial charge in [0.2, 0.25) is 5.91 Å². The van der Waals surface area contributed by atoms with Gasteiger partial charge in [-0.25, -0.2) is 5.10 Å². The average molecular weight is 463 g/mol. The van der Waals surface area contributed by atoms with Gasteiger partial charge < -0.3 is 10.2 Å². The molecule has 3 aromatic rings. The number of aromatic amines is 1. The van der Waals surface area contributed by atoms with Crippen molar-refractivity contribution in [2.24, 2.45) is 0 Å². The summed E-state index contributed by atoms with van der Waals surface area (Å²) in [6.45, 7) is 4.22. The van der Waals surface area contributed by atoms with Gasteiger partial charge in [0.25, 0.3) is 5.56 Å². The number of aromatic nitrogens is 2. The number of rotatable bonds is 9. The molecule has 0 saturated carbocycles. The van der Waals surface area contributed by atoms with Crippen molar-refractivity contribution in [1.29, 1.82) is 0 Å². The van der Waals surface area contributed by atoms with E-state index in [-0.39, 0.29) is 23.9 Å². The second kappa shape index (κ2) is 11.8. The van der Waals surface area contributed by atoms with Crippen molar-refractivity contribution >= 4 is 46.4 Å². The standard InChI is InChI=1S/C23H27ClN4O2.ClH/c1-3-13-28(2)14-7-6-10-21(29)25-20-15-16(11-12-19(20)24)22-17-8-4-5-9-18(17)23(30)27-26-22;/h4-5,8-9,11-12,15H,3,6-7,10,13-14H2,1-2H3,(H,25,29)(H,27,30);1H. The lowest BCUT2D eigenvalue weighted by Crippen LogP contribution is -2.20. The molecular weight excluding hydrogens is 435 g/mol. The molecule has 0 fully saturated rings. The summed E-state index contributed by atoms with van der Waals surface area (Å²) in [7, 11) is 2.10. The predicted molar refractivity (Wildman–Crippen MR) is 130 cm³/mol. The Bertz CT molecular complexity index is 1080. The van der Waals surface area contributed by atoms with Gasteiger partial charge in [-0.2, -0.15) is 5.10 Å². The zero-order valence-corrected chi connectivity index (χ0v) is 19.4. The zero-order valence-electron chi connectivity index (χ0n) is 17.8. The molecule has 1 heterocycles. The topological polar surface area (TPSA) is 78.1 Å². The molecule has 3 rings (SSSR count). The first kappa shape index (κ1) is 24.9. The van der Waals surface area contributed by atoms with Crippen molar-refractivity contribution in [2.75, 3.05) is 25.5 Å². The summed E-state index contributed by atoms with van der Waals surface area (Å²) >= 11 is 6.31. The van der Waals surface area contributed by atoms with Crippen LogP contribution in [0.2, 0.25) is 5.02 Å². The van der Waals surface area contributed by atoms with Crippen molar-refractivity contribution in [3.05, 3.63) is 57.8 Å². The maximum Gasteiger partial charge on any atom is 0.272 e. The van der Waals surface area contributed by atoms with E-state index in [0.29, 0.717) is 28.2 Å². The van der Waals surface area contributed by atoms with Crippen molar-refractivity contribution in [3.8, 4) is 11.3 Å². The van der Waals surface area contributed by atoms with Crippen LogP contribution in [0.25, 0.3) is 22.0 Å². The molecule has 0 atom stereocenters. The quantitative estimate of drug-likeness (QED) is 0.432. The van der Waals surface area contributed by atoms with Gasteiger partial charge in [-0.05, 0) is 57.6 Å². The maximum absolute atomic E-state index is 12.4. The molecule has 0 aliphatic heterocycles. The predicted octanol–water partition coefficient (Wildman–Crippen LogP) is 5.12. The molecule has 2 aromatic carbocycles. The van der Waals surface area contributed by atoms with Crippen LogP contribution in [0.4, 0.5) is 5.69 Å². The maximum atomic E-state index is 12.4. The van der Waals surface area contributed by atoms with Gasteiger partial charge in [-0.3, -0.25) is 9.59 Å². The molecule has 0 spiro atoms. The number of halogens is 2. The highest BCUT2D eigenvalue weighted by atomic mass is 35.5. The monoisotopic (exact) mass is 462 g/mol. The van der Waals surface area contributed by atoms with E-state index in [1.807, 2.05) is 24.3 Å². The Balaban J connectivity index is 0.00000341. The molecule has 166 valence electrons. The summed E-state index contributed by atoms with van der Waals surface area (Å²) in [5.74, 6) is -0.0634. The fourth-order valence-corrected chi connectivity index (χ4v) is 3.64. The number of hydrogen-bond donors (Lipinski definition) is 2. The molecule has 0 unspecified atom stereocenters. The summed E-state index contributed by atoms with van der Waals surface area (Å²) in [5.41, 5.74) is 1.71. The number of unbranched alkanes of at least 4 members (excludes halogenated alkanes) is 1. The number of nitrogens with zero attached hydrogens (tertiary/aromatic N) is 2. The van der Waals surface area contributed by atoms with Crippen LogP contribution < -0.4 is 10.9 Å². The lowest BCUT2D eigenvalue weighted by Gasteiger charge is -2.15. The number of anilines is 1. The number of hydrogen-bond acceptors (Lipinski definition) is 4. The van der Waals surface area contributed by atoms with Crippen molar-refractivity contribution in [1.82, 2.24) is 15.1 Å². The number of benzene rings is 2. The van der Waals surface area contributed by atoms with Crippen LogP contribution in [0.1, 0.15) is 32.6 Å². The molecule has 0 radical (unpaired) electrons. The molecule has 0 aliphatic rings. The molecular formula is C23H28Cl2N4O2. The number of H-pyrrole nitrogens is 1. The molecule has 31 heavy (non-hydrogen) atoms. The number of carbonyl (C=O) groups is 1. The molecule has 1 aromatic heterocycles. The van der Waals surface area contributed by atoms with Crippen molar-refractivity contribution in [2.45, 2.75) is 32.6 Å². The van der Waals surface area contributed by atoms with E-state index in [1.54, 1.807) is 18.2 Å². The van der Waals surface area contributed by atoms with E-state index in [2.05, 4.69) is 34.4 Å². The van der Waals surface area contributed by atoms with Gasteiger partial charge in [0.1, 0.15) is 0 Å². The zero-order chi connectivity index (χ0) is 21.5. The fourth-order valence-electron chi connectivity index (χ4n) is 3.48. The minimum atomic E-state index is -0.235. The van der Waals surface area contributed by atoms with E-state index in [0.717, 1.165) is 43.3 Å². The highest BCUT2D eigenvalue weighted by Crippen LogP contribution is 2.30. The van der Waals surface area contributed by atoms with Gasteiger partial charge in [-0.15, -0.1) is 12.4 Å². The van der Waals surface area contributed by atoms with Crippen LogP contribution in [0.15, 0.2) is 47.3 Å². The highest BCUT2D eigenvalue weighted by molar-refractivity contribution is 6.33. The Morgan fingerprint density at radius 1 is 1.13 bits per heavy atom. The summed E-state index contributed by atoms with van der Waals surface area (Å²) in [6.07, 6.45) is 3.37. The summed E-state index contributed by atoms with van der Waals surface area (Å²) in [6, 6.07) is 12.6. The third kappa shape index (κ3) is 6.53. The lowest BCUT2D eigenvalue weighted by molar-refractivity contribution is -0.116. The van der Waals surface area contributed by atoms with E-state index in [4.69, 9.17) is 11.6 Å². The number of fused-ring (bicyclic) bond motifs is 1. The number of amides is 1. The summed E-state index contributed by atoms with van der Waals surface area (Å²) in [5, 5.41) is 11.4. The normalized spacial score (nSPS) is 10.8. The SMILES string of the molecule is CCCN(C)CCCCC(=O)Nc1cc(-c2n[nH]c(=O)c3ccccc23)ccc1Cl.Cl. The van der Waals surface area contributed by atoms with Crippen LogP contribution in [0.3, 0.4) is 0 Å². The van der Waals surface area contributed by atoms with Crippen molar-refractivity contribution in [3.63, 3.8) is 0 Å². The summed E-state index contributed by atoms with van der Waals surface area (Å²) < 4.78 is 0. The van der Waals surface area contributed by atoms with Gasteiger partial charge in [0, 0.05) is 17.4 Å². The van der Waals surface area contributed by atoms with Crippen LogP contribution in [-0.4, -0.2) is 41.1 Å². The van der Waals surface area contributed by atoms with Gasteiger partial charge in [-0.1, -0.05) is 42.8 Å². The number of carbonyl (C=O) groups excluding carboxylic acids is 1.